The first kappa shape index (κ1) is 14.6. The summed E-state index contributed by atoms with van der Waals surface area (Å²) in [6, 6.07) is 6.00. The molecule has 2 rings (SSSR count). The minimum absolute atomic E-state index is 0.00554. The lowest BCUT2D eigenvalue weighted by atomic mass is 9.98. The van der Waals surface area contributed by atoms with Gasteiger partial charge in [-0.1, -0.05) is 32.0 Å². The van der Waals surface area contributed by atoms with Crippen molar-refractivity contribution in [2.24, 2.45) is 5.92 Å². The molecule has 4 heteroatoms. The highest BCUT2D eigenvalue weighted by Crippen LogP contribution is 2.29. The third kappa shape index (κ3) is 3.59. The number of carbonyl (C=O) groups is 2. The predicted molar refractivity (Wildman–Crippen MR) is 79.6 cm³/mol. The molecule has 1 saturated carbocycles. The van der Waals surface area contributed by atoms with Gasteiger partial charge in [0.15, 0.2) is 0 Å². The standard InChI is InChI=1S/C16H22N2O2/c1-10(2)13-6-4-5-11(3)15(13)18-14(19)9-17-16(20)12-7-8-12/h4-6,10,12H,7-9H2,1-3H3,(H,17,20)(H,18,19). The Bertz CT molecular complexity index is 519. The lowest BCUT2D eigenvalue weighted by molar-refractivity contribution is -0.125. The van der Waals surface area contributed by atoms with E-state index in [-0.39, 0.29) is 24.3 Å². The topological polar surface area (TPSA) is 58.2 Å². The van der Waals surface area contributed by atoms with E-state index in [0.29, 0.717) is 5.92 Å². The summed E-state index contributed by atoms with van der Waals surface area (Å²) in [4.78, 5) is 23.5. The van der Waals surface area contributed by atoms with Gasteiger partial charge in [0.1, 0.15) is 0 Å². The van der Waals surface area contributed by atoms with Crippen LogP contribution in [0.25, 0.3) is 0 Å². The van der Waals surface area contributed by atoms with E-state index < -0.39 is 0 Å². The molecule has 0 radical (unpaired) electrons. The lowest BCUT2D eigenvalue weighted by Crippen LogP contribution is -2.34. The number of anilines is 1. The maximum Gasteiger partial charge on any atom is 0.243 e. The van der Waals surface area contributed by atoms with Gasteiger partial charge in [-0.3, -0.25) is 9.59 Å². The number of hydrogen-bond donors (Lipinski definition) is 2. The molecule has 0 heterocycles. The van der Waals surface area contributed by atoms with Crippen molar-refractivity contribution in [3.05, 3.63) is 29.3 Å². The smallest absolute Gasteiger partial charge is 0.243 e. The Labute approximate surface area is 119 Å². The Kier molecular flexibility index (Phi) is 4.42. The molecule has 108 valence electrons. The number of hydrogen-bond acceptors (Lipinski definition) is 2. The molecular formula is C16H22N2O2. The second-order valence-corrected chi connectivity index (χ2v) is 5.73. The van der Waals surface area contributed by atoms with Crippen LogP contribution in [-0.4, -0.2) is 18.4 Å². The maximum absolute atomic E-state index is 12.0. The van der Waals surface area contributed by atoms with Crippen LogP contribution in [0.15, 0.2) is 18.2 Å². The van der Waals surface area contributed by atoms with E-state index in [1.807, 2.05) is 25.1 Å². The van der Waals surface area contributed by atoms with Gasteiger partial charge in [-0.2, -0.15) is 0 Å². The number of benzene rings is 1. The maximum atomic E-state index is 12.0. The van der Waals surface area contributed by atoms with E-state index in [2.05, 4.69) is 24.5 Å². The van der Waals surface area contributed by atoms with E-state index in [1.54, 1.807) is 0 Å². The number of nitrogens with one attached hydrogen (secondary N) is 2. The molecule has 20 heavy (non-hydrogen) atoms. The third-order valence-corrected chi connectivity index (χ3v) is 3.56. The molecule has 4 nitrogen and oxygen atoms in total. The number of aryl methyl sites for hydroxylation is 1. The van der Waals surface area contributed by atoms with Gasteiger partial charge in [0, 0.05) is 11.6 Å². The van der Waals surface area contributed by atoms with Crippen LogP contribution in [0.2, 0.25) is 0 Å². The van der Waals surface area contributed by atoms with Gasteiger partial charge >= 0.3 is 0 Å². The average molecular weight is 274 g/mol. The predicted octanol–water partition coefficient (Wildman–Crippen LogP) is 2.58. The molecule has 2 N–H and O–H groups in total. The Morgan fingerprint density at radius 2 is 2.00 bits per heavy atom. The van der Waals surface area contributed by atoms with Crippen molar-refractivity contribution in [1.82, 2.24) is 5.32 Å². The quantitative estimate of drug-likeness (QED) is 0.867. The highest BCUT2D eigenvalue weighted by atomic mass is 16.2. The normalized spacial score (nSPS) is 14.2. The van der Waals surface area contributed by atoms with Crippen molar-refractivity contribution in [2.75, 3.05) is 11.9 Å². The van der Waals surface area contributed by atoms with Gasteiger partial charge in [-0.05, 0) is 36.8 Å². The van der Waals surface area contributed by atoms with Crippen LogP contribution in [0.4, 0.5) is 5.69 Å². The van der Waals surface area contributed by atoms with Crippen molar-refractivity contribution in [1.29, 1.82) is 0 Å². The average Bonchev–Trinajstić information content (AvgIpc) is 3.22. The van der Waals surface area contributed by atoms with Crippen molar-refractivity contribution < 1.29 is 9.59 Å². The lowest BCUT2D eigenvalue weighted by Gasteiger charge is -2.16. The Morgan fingerprint density at radius 1 is 1.30 bits per heavy atom. The molecule has 1 aromatic rings. The summed E-state index contributed by atoms with van der Waals surface area (Å²) in [5, 5.41) is 5.60. The fraction of sp³-hybridized carbons (Fsp3) is 0.500. The molecule has 1 aromatic carbocycles. The third-order valence-electron chi connectivity index (χ3n) is 3.56. The molecule has 1 aliphatic carbocycles. The summed E-state index contributed by atoms with van der Waals surface area (Å²) < 4.78 is 0. The van der Waals surface area contributed by atoms with Crippen LogP contribution in [0, 0.1) is 12.8 Å². The summed E-state index contributed by atoms with van der Waals surface area (Å²) in [7, 11) is 0. The fourth-order valence-electron chi connectivity index (χ4n) is 2.18. The van der Waals surface area contributed by atoms with Crippen molar-refractivity contribution in [3.8, 4) is 0 Å². The van der Waals surface area contributed by atoms with E-state index in [1.165, 1.54) is 0 Å². The number of amides is 2. The van der Waals surface area contributed by atoms with Crippen molar-refractivity contribution >= 4 is 17.5 Å². The first-order valence-corrected chi connectivity index (χ1v) is 7.16. The molecule has 0 unspecified atom stereocenters. The van der Waals surface area contributed by atoms with E-state index >= 15 is 0 Å². The second kappa shape index (κ2) is 6.07. The Morgan fingerprint density at radius 3 is 2.60 bits per heavy atom. The van der Waals surface area contributed by atoms with Crippen LogP contribution in [0.3, 0.4) is 0 Å². The SMILES string of the molecule is Cc1cccc(C(C)C)c1NC(=O)CNC(=O)C1CC1. The van der Waals surface area contributed by atoms with Crippen molar-refractivity contribution in [2.45, 2.75) is 39.5 Å². The molecule has 1 fully saturated rings. The van der Waals surface area contributed by atoms with Crippen LogP contribution >= 0.6 is 0 Å². The van der Waals surface area contributed by atoms with Crippen LogP contribution in [-0.2, 0) is 9.59 Å². The van der Waals surface area contributed by atoms with Gasteiger partial charge in [0.2, 0.25) is 11.8 Å². The van der Waals surface area contributed by atoms with Gasteiger partial charge in [-0.15, -0.1) is 0 Å². The molecule has 0 spiro atoms. The molecule has 2 amide bonds. The van der Waals surface area contributed by atoms with Gasteiger partial charge < -0.3 is 10.6 Å². The van der Waals surface area contributed by atoms with Crippen molar-refractivity contribution in [3.63, 3.8) is 0 Å². The van der Waals surface area contributed by atoms with Gasteiger partial charge in [0.05, 0.1) is 6.54 Å². The fourth-order valence-corrected chi connectivity index (χ4v) is 2.18. The van der Waals surface area contributed by atoms with Crippen LogP contribution < -0.4 is 10.6 Å². The monoisotopic (exact) mass is 274 g/mol. The summed E-state index contributed by atoms with van der Waals surface area (Å²) in [6.07, 6.45) is 1.89. The molecular weight excluding hydrogens is 252 g/mol. The van der Waals surface area contributed by atoms with Gasteiger partial charge in [-0.25, -0.2) is 0 Å². The Balaban J connectivity index is 1.98. The van der Waals surface area contributed by atoms with Gasteiger partial charge in [0.25, 0.3) is 0 Å². The first-order chi connectivity index (χ1) is 9.49. The molecule has 0 aromatic heterocycles. The van der Waals surface area contributed by atoms with E-state index in [4.69, 9.17) is 0 Å². The van der Waals surface area contributed by atoms with E-state index in [0.717, 1.165) is 29.7 Å². The summed E-state index contributed by atoms with van der Waals surface area (Å²) in [5.41, 5.74) is 3.03. The minimum Gasteiger partial charge on any atom is -0.347 e. The number of para-hydroxylation sites is 1. The molecule has 0 saturated heterocycles. The highest BCUT2D eigenvalue weighted by Gasteiger charge is 2.29. The number of carbonyl (C=O) groups excluding carboxylic acids is 2. The molecule has 1 aliphatic rings. The van der Waals surface area contributed by atoms with Crippen LogP contribution in [0.1, 0.15) is 43.7 Å². The Hall–Kier alpha value is -1.84. The summed E-state index contributed by atoms with van der Waals surface area (Å²) in [5.74, 6) is 0.294. The summed E-state index contributed by atoms with van der Waals surface area (Å²) >= 11 is 0. The highest BCUT2D eigenvalue weighted by molar-refractivity contribution is 5.96. The molecule has 0 atom stereocenters. The minimum atomic E-state index is -0.171. The van der Waals surface area contributed by atoms with Crippen LogP contribution in [0.5, 0.6) is 0 Å². The summed E-state index contributed by atoms with van der Waals surface area (Å²) in [6.45, 7) is 6.21. The number of rotatable bonds is 5. The zero-order chi connectivity index (χ0) is 14.7. The molecule has 0 bridgehead atoms. The van der Waals surface area contributed by atoms with E-state index in [9.17, 15) is 9.59 Å². The zero-order valence-corrected chi connectivity index (χ0v) is 12.3. The second-order valence-electron chi connectivity index (χ2n) is 5.73. The molecule has 0 aliphatic heterocycles. The first-order valence-electron chi connectivity index (χ1n) is 7.16. The largest absolute Gasteiger partial charge is 0.347 e. The zero-order valence-electron chi connectivity index (χ0n) is 12.3.